The van der Waals surface area contributed by atoms with Crippen molar-refractivity contribution in [3.05, 3.63) is 30.1 Å². The Morgan fingerprint density at radius 2 is 1.90 bits per heavy atom. The Balaban J connectivity index is 2.49. The van der Waals surface area contributed by atoms with E-state index >= 15 is 0 Å². The molecule has 108 valence electrons. The van der Waals surface area contributed by atoms with Gasteiger partial charge < -0.3 is 5.32 Å². The van der Waals surface area contributed by atoms with Gasteiger partial charge in [-0.25, -0.2) is 9.97 Å². The van der Waals surface area contributed by atoms with Gasteiger partial charge in [0.15, 0.2) is 0 Å². The van der Waals surface area contributed by atoms with E-state index in [0.29, 0.717) is 10.9 Å². The van der Waals surface area contributed by atoms with Gasteiger partial charge in [0.1, 0.15) is 5.82 Å². The molecule has 0 fully saturated rings. The molecule has 0 radical (unpaired) electrons. The second-order valence-corrected chi connectivity index (χ2v) is 4.74. The first-order chi connectivity index (χ1) is 9.41. The molecule has 1 N–H and O–H groups in total. The number of aromatic nitrogens is 2. The number of hydrogen-bond acceptors (Lipinski definition) is 3. The molecule has 2 aromatic rings. The third kappa shape index (κ3) is 3.18. The zero-order valence-electron chi connectivity index (χ0n) is 11.3. The van der Waals surface area contributed by atoms with Gasteiger partial charge >= 0.3 is 6.18 Å². The third-order valence-electron chi connectivity index (χ3n) is 2.96. The minimum atomic E-state index is -4.55. The first kappa shape index (κ1) is 14.6. The second kappa shape index (κ2) is 5.64. The van der Waals surface area contributed by atoms with Gasteiger partial charge in [0.25, 0.3) is 0 Å². The van der Waals surface area contributed by atoms with E-state index in [-0.39, 0.29) is 11.9 Å². The van der Waals surface area contributed by atoms with Crippen LogP contribution in [-0.4, -0.2) is 16.0 Å². The molecule has 1 atom stereocenters. The number of anilines is 1. The van der Waals surface area contributed by atoms with Crippen LogP contribution in [0.1, 0.15) is 32.5 Å². The topological polar surface area (TPSA) is 37.8 Å². The van der Waals surface area contributed by atoms with Gasteiger partial charge in [-0.1, -0.05) is 25.5 Å². The fourth-order valence-corrected chi connectivity index (χ4v) is 2.05. The van der Waals surface area contributed by atoms with E-state index in [4.69, 9.17) is 0 Å². The zero-order chi connectivity index (χ0) is 14.8. The monoisotopic (exact) mass is 283 g/mol. The summed E-state index contributed by atoms with van der Waals surface area (Å²) < 4.78 is 38.5. The highest BCUT2D eigenvalue weighted by Gasteiger charge is 2.35. The van der Waals surface area contributed by atoms with E-state index in [1.54, 1.807) is 24.3 Å². The molecule has 1 unspecified atom stereocenters. The molecule has 1 heterocycles. The molecule has 2 rings (SSSR count). The van der Waals surface area contributed by atoms with Gasteiger partial charge in [0.2, 0.25) is 5.82 Å². The number of halogens is 3. The van der Waals surface area contributed by atoms with Crippen LogP contribution in [0.25, 0.3) is 10.9 Å². The number of nitrogens with one attached hydrogen (secondary N) is 1. The van der Waals surface area contributed by atoms with Crippen molar-refractivity contribution in [2.75, 3.05) is 5.32 Å². The van der Waals surface area contributed by atoms with Crippen molar-refractivity contribution in [2.45, 2.75) is 38.9 Å². The Bertz CT molecular complexity index is 596. The summed E-state index contributed by atoms with van der Waals surface area (Å²) in [7, 11) is 0. The Morgan fingerprint density at radius 1 is 1.20 bits per heavy atom. The maximum atomic E-state index is 12.8. The highest BCUT2D eigenvalue weighted by atomic mass is 19.4. The van der Waals surface area contributed by atoms with Crippen LogP contribution in [0.3, 0.4) is 0 Å². The Morgan fingerprint density at radius 3 is 2.55 bits per heavy atom. The standard InChI is InChI=1S/C14H16F3N3/c1-3-6-9(2)18-12-10-7-4-5-8-11(10)19-13(20-12)14(15,16)17/h4-5,7-9H,3,6H2,1-2H3,(H,18,19,20). The van der Waals surface area contributed by atoms with E-state index in [9.17, 15) is 13.2 Å². The number of rotatable bonds is 4. The third-order valence-corrected chi connectivity index (χ3v) is 2.96. The molecule has 0 amide bonds. The fraction of sp³-hybridized carbons (Fsp3) is 0.429. The first-order valence-electron chi connectivity index (χ1n) is 6.52. The molecule has 1 aromatic heterocycles. The van der Waals surface area contributed by atoms with Crippen LogP contribution in [0.5, 0.6) is 0 Å². The minimum Gasteiger partial charge on any atom is -0.367 e. The molecule has 0 aliphatic heterocycles. The normalized spacial score (nSPS) is 13.4. The van der Waals surface area contributed by atoms with E-state index < -0.39 is 12.0 Å². The lowest BCUT2D eigenvalue weighted by atomic mass is 10.1. The second-order valence-electron chi connectivity index (χ2n) is 4.74. The minimum absolute atomic E-state index is 0.0550. The zero-order valence-corrected chi connectivity index (χ0v) is 11.3. The molecule has 0 saturated carbocycles. The molecule has 20 heavy (non-hydrogen) atoms. The van der Waals surface area contributed by atoms with Gasteiger partial charge in [-0.2, -0.15) is 13.2 Å². The molecule has 0 aliphatic rings. The highest BCUT2D eigenvalue weighted by molar-refractivity contribution is 5.89. The highest BCUT2D eigenvalue weighted by Crippen LogP contribution is 2.30. The van der Waals surface area contributed by atoms with Crippen LogP contribution in [0.4, 0.5) is 19.0 Å². The van der Waals surface area contributed by atoms with Crippen molar-refractivity contribution >= 4 is 16.7 Å². The summed E-state index contributed by atoms with van der Waals surface area (Å²) in [5.74, 6) is -0.869. The Kier molecular flexibility index (Phi) is 4.11. The predicted molar refractivity (Wildman–Crippen MR) is 72.5 cm³/mol. The Labute approximate surface area is 115 Å². The lowest BCUT2D eigenvalue weighted by Gasteiger charge is -2.16. The SMILES string of the molecule is CCCC(C)Nc1nc(C(F)(F)F)nc2ccccc12. The molecular formula is C14H16F3N3. The van der Waals surface area contributed by atoms with Crippen molar-refractivity contribution in [2.24, 2.45) is 0 Å². The lowest BCUT2D eigenvalue weighted by molar-refractivity contribution is -0.144. The summed E-state index contributed by atoms with van der Waals surface area (Å²) >= 11 is 0. The quantitative estimate of drug-likeness (QED) is 0.911. The van der Waals surface area contributed by atoms with Gasteiger partial charge in [-0.3, -0.25) is 0 Å². The van der Waals surface area contributed by atoms with Crippen LogP contribution < -0.4 is 5.32 Å². The smallest absolute Gasteiger partial charge is 0.367 e. The van der Waals surface area contributed by atoms with Crippen LogP contribution in [-0.2, 0) is 6.18 Å². The van der Waals surface area contributed by atoms with Crippen LogP contribution >= 0.6 is 0 Å². The van der Waals surface area contributed by atoms with E-state index in [1.165, 1.54) is 0 Å². The summed E-state index contributed by atoms with van der Waals surface area (Å²) in [6, 6.07) is 6.75. The largest absolute Gasteiger partial charge is 0.451 e. The summed E-state index contributed by atoms with van der Waals surface area (Å²) in [5.41, 5.74) is 0.293. The van der Waals surface area contributed by atoms with Crippen molar-refractivity contribution in [3.8, 4) is 0 Å². The van der Waals surface area contributed by atoms with Crippen molar-refractivity contribution in [1.29, 1.82) is 0 Å². The number of hydrogen-bond donors (Lipinski definition) is 1. The van der Waals surface area contributed by atoms with Gasteiger partial charge in [0.05, 0.1) is 5.52 Å². The van der Waals surface area contributed by atoms with Gasteiger partial charge in [-0.05, 0) is 25.5 Å². The van der Waals surface area contributed by atoms with Crippen molar-refractivity contribution in [1.82, 2.24) is 9.97 Å². The number of para-hydroxylation sites is 1. The van der Waals surface area contributed by atoms with Gasteiger partial charge in [0, 0.05) is 11.4 Å². The molecule has 0 spiro atoms. The van der Waals surface area contributed by atoms with Crippen LogP contribution in [0.15, 0.2) is 24.3 Å². The van der Waals surface area contributed by atoms with Crippen LogP contribution in [0, 0.1) is 0 Å². The van der Waals surface area contributed by atoms with Crippen molar-refractivity contribution in [3.63, 3.8) is 0 Å². The Hall–Kier alpha value is -1.85. The molecule has 0 bridgehead atoms. The maximum Gasteiger partial charge on any atom is 0.451 e. The van der Waals surface area contributed by atoms with E-state index in [0.717, 1.165) is 12.8 Å². The summed E-state index contributed by atoms with van der Waals surface area (Å²) in [6.07, 6.45) is -2.74. The average Bonchev–Trinajstić information content (AvgIpc) is 2.37. The molecule has 3 nitrogen and oxygen atoms in total. The van der Waals surface area contributed by atoms with Gasteiger partial charge in [-0.15, -0.1) is 0 Å². The lowest BCUT2D eigenvalue weighted by Crippen LogP contribution is -2.19. The number of alkyl halides is 3. The van der Waals surface area contributed by atoms with Crippen LogP contribution in [0.2, 0.25) is 0 Å². The first-order valence-corrected chi connectivity index (χ1v) is 6.52. The molecular weight excluding hydrogens is 267 g/mol. The number of nitrogens with zero attached hydrogens (tertiary/aromatic N) is 2. The maximum absolute atomic E-state index is 12.8. The van der Waals surface area contributed by atoms with E-state index in [2.05, 4.69) is 15.3 Å². The molecule has 1 aromatic carbocycles. The predicted octanol–water partition coefficient (Wildman–Crippen LogP) is 4.25. The number of fused-ring (bicyclic) bond motifs is 1. The summed E-state index contributed by atoms with van der Waals surface area (Å²) in [5, 5.41) is 3.65. The summed E-state index contributed by atoms with van der Waals surface area (Å²) in [4.78, 5) is 7.23. The average molecular weight is 283 g/mol. The van der Waals surface area contributed by atoms with E-state index in [1.807, 2.05) is 13.8 Å². The molecule has 6 heteroatoms. The number of benzene rings is 1. The summed E-state index contributed by atoms with van der Waals surface area (Å²) in [6.45, 7) is 3.95. The van der Waals surface area contributed by atoms with Crippen molar-refractivity contribution < 1.29 is 13.2 Å². The molecule has 0 aliphatic carbocycles. The fourth-order valence-electron chi connectivity index (χ4n) is 2.05. The molecule has 0 saturated heterocycles.